The molecule has 124 valence electrons. The number of methoxy groups -OCH3 is 2. The second kappa shape index (κ2) is 7.77. The third-order valence-corrected chi connectivity index (χ3v) is 3.08. The normalized spacial score (nSPS) is 10.4. The summed E-state index contributed by atoms with van der Waals surface area (Å²) in [6.07, 6.45) is 2.72. The van der Waals surface area contributed by atoms with Crippen LogP contribution in [0.3, 0.4) is 0 Å². The molecule has 2 aromatic carbocycles. The van der Waals surface area contributed by atoms with Gasteiger partial charge in [-0.25, -0.2) is 4.79 Å². The van der Waals surface area contributed by atoms with Crippen molar-refractivity contribution in [1.29, 1.82) is 0 Å². The van der Waals surface area contributed by atoms with E-state index in [1.54, 1.807) is 18.2 Å². The second-order valence-electron chi connectivity index (χ2n) is 4.59. The first-order valence-corrected chi connectivity index (χ1v) is 6.90. The second-order valence-corrected chi connectivity index (χ2v) is 4.59. The maximum Gasteiger partial charge on any atom is 0.336 e. The molecule has 0 spiro atoms. The Morgan fingerprint density at radius 2 is 1.88 bits per heavy atom. The van der Waals surface area contributed by atoms with Gasteiger partial charge in [-0.05, 0) is 18.2 Å². The highest BCUT2D eigenvalue weighted by molar-refractivity contribution is 5.89. The number of ether oxygens (including phenoxy) is 3. The maximum absolute atomic E-state index is 11.9. The Balaban J connectivity index is 2.14. The number of nitrogens with zero attached hydrogens (tertiary/aromatic N) is 1. The van der Waals surface area contributed by atoms with Gasteiger partial charge in [0.1, 0.15) is 5.75 Å². The van der Waals surface area contributed by atoms with E-state index in [4.69, 9.17) is 14.2 Å². The lowest BCUT2D eigenvalue weighted by molar-refractivity contribution is -0.384. The Hall–Kier alpha value is -3.35. The minimum Gasteiger partial charge on any atom is -0.493 e. The number of benzene rings is 2. The predicted molar refractivity (Wildman–Crippen MR) is 87.3 cm³/mol. The highest BCUT2D eigenvalue weighted by atomic mass is 16.6. The minimum absolute atomic E-state index is 0.0939. The number of nitro groups is 1. The molecule has 7 heteroatoms. The summed E-state index contributed by atoms with van der Waals surface area (Å²) in [5.41, 5.74) is 0.478. The van der Waals surface area contributed by atoms with E-state index in [1.165, 1.54) is 50.6 Å². The van der Waals surface area contributed by atoms with E-state index in [2.05, 4.69) is 0 Å². The van der Waals surface area contributed by atoms with Crippen molar-refractivity contribution >= 4 is 17.7 Å². The quantitative estimate of drug-likeness (QED) is 0.266. The van der Waals surface area contributed by atoms with Crippen LogP contribution in [0.2, 0.25) is 0 Å². The van der Waals surface area contributed by atoms with Gasteiger partial charge >= 0.3 is 5.97 Å². The van der Waals surface area contributed by atoms with Crippen LogP contribution in [0, 0.1) is 10.1 Å². The van der Waals surface area contributed by atoms with E-state index >= 15 is 0 Å². The standard InChI is InChI=1S/C17H15NO6/c1-22-15-8-3-5-12(17(15)23-2)9-10-16(19)24-14-7-4-6-13(11-14)18(20)21/h3-11H,1-2H3/b10-9+. The highest BCUT2D eigenvalue weighted by Crippen LogP contribution is 2.31. The minimum atomic E-state index is -0.666. The molecular formula is C17H15NO6. The van der Waals surface area contributed by atoms with Crippen LogP contribution in [0.15, 0.2) is 48.5 Å². The predicted octanol–water partition coefficient (Wildman–Crippen LogP) is 3.23. The summed E-state index contributed by atoms with van der Waals surface area (Å²) in [5, 5.41) is 10.7. The zero-order chi connectivity index (χ0) is 17.5. The van der Waals surface area contributed by atoms with Gasteiger partial charge in [-0.3, -0.25) is 10.1 Å². The van der Waals surface area contributed by atoms with Gasteiger partial charge in [-0.1, -0.05) is 18.2 Å². The molecule has 2 aromatic rings. The number of non-ortho nitro benzene ring substituents is 1. The molecule has 0 radical (unpaired) electrons. The SMILES string of the molecule is COc1cccc(/C=C/C(=O)Oc2cccc([N+](=O)[O-])c2)c1OC. The van der Waals surface area contributed by atoms with Crippen molar-refractivity contribution < 1.29 is 23.9 Å². The number of hydrogen-bond acceptors (Lipinski definition) is 6. The number of rotatable bonds is 6. The van der Waals surface area contributed by atoms with Crippen LogP contribution in [0.25, 0.3) is 6.08 Å². The molecule has 0 N–H and O–H groups in total. The lowest BCUT2D eigenvalue weighted by Crippen LogP contribution is -2.04. The first kappa shape index (κ1) is 17.0. The summed E-state index contributed by atoms with van der Waals surface area (Å²) < 4.78 is 15.5. The van der Waals surface area contributed by atoms with Crippen molar-refractivity contribution in [2.45, 2.75) is 0 Å². The molecule has 0 aliphatic heterocycles. The lowest BCUT2D eigenvalue weighted by Gasteiger charge is -2.09. The first-order valence-electron chi connectivity index (χ1n) is 6.90. The van der Waals surface area contributed by atoms with E-state index in [0.717, 1.165) is 0 Å². The van der Waals surface area contributed by atoms with Crippen LogP contribution >= 0.6 is 0 Å². The molecule has 0 saturated carbocycles. The van der Waals surface area contributed by atoms with Crippen molar-refractivity contribution in [2.75, 3.05) is 14.2 Å². The first-order chi connectivity index (χ1) is 11.5. The molecule has 24 heavy (non-hydrogen) atoms. The largest absolute Gasteiger partial charge is 0.493 e. The smallest absolute Gasteiger partial charge is 0.336 e. The fraction of sp³-hybridized carbons (Fsp3) is 0.118. The molecule has 0 fully saturated rings. The molecule has 7 nitrogen and oxygen atoms in total. The molecule has 0 heterocycles. The van der Waals surface area contributed by atoms with Gasteiger partial charge in [0.2, 0.25) is 0 Å². The van der Waals surface area contributed by atoms with Crippen LogP contribution in [-0.2, 0) is 4.79 Å². The summed E-state index contributed by atoms with van der Waals surface area (Å²) in [6, 6.07) is 10.6. The van der Waals surface area contributed by atoms with E-state index in [-0.39, 0.29) is 11.4 Å². The fourth-order valence-electron chi connectivity index (χ4n) is 2.01. The highest BCUT2D eigenvalue weighted by Gasteiger charge is 2.10. The number of esters is 1. The van der Waals surface area contributed by atoms with E-state index in [9.17, 15) is 14.9 Å². The Labute approximate surface area is 138 Å². The average molecular weight is 329 g/mol. The number of para-hydroxylation sites is 1. The number of nitro benzene ring substituents is 1. The average Bonchev–Trinajstić information content (AvgIpc) is 2.59. The zero-order valence-corrected chi connectivity index (χ0v) is 13.1. The van der Waals surface area contributed by atoms with Gasteiger partial charge in [0, 0.05) is 17.7 Å². The van der Waals surface area contributed by atoms with Gasteiger partial charge < -0.3 is 14.2 Å². The fourth-order valence-corrected chi connectivity index (χ4v) is 2.01. The third-order valence-electron chi connectivity index (χ3n) is 3.08. The molecule has 0 aliphatic carbocycles. The summed E-state index contributed by atoms with van der Waals surface area (Å²) >= 11 is 0. The van der Waals surface area contributed by atoms with Crippen LogP contribution in [0.5, 0.6) is 17.2 Å². The van der Waals surface area contributed by atoms with Crippen LogP contribution in [0.1, 0.15) is 5.56 Å². The van der Waals surface area contributed by atoms with Crippen molar-refractivity contribution in [3.8, 4) is 17.2 Å². The van der Waals surface area contributed by atoms with Gasteiger partial charge in [0.25, 0.3) is 5.69 Å². The van der Waals surface area contributed by atoms with Crippen molar-refractivity contribution in [1.82, 2.24) is 0 Å². The number of hydrogen-bond donors (Lipinski definition) is 0. The van der Waals surface area contributed by atoms with Crippen LogP contribution in [-0.4, -0.2) is 25.1 Å². The van der Waals surface area contributed by atoms with Gasteiger partial charge in [0.05, 0.1) is 25.2 Å². The summed E-state index contributed by atoms with van der Waals surface area (Å²) in [5.74, 6) is 0.447. The Kier molecular flexibility index (Phi) is 5.51. The molecule has 0 atom stereocenters. The van der Waals surface area contributed by atoms with Gasteiger partial charge in [-0.2, -0.15) is 0 Å². The topological polar surface area (TPSA) is 87.9 Å². The Morgan fingerprint density at radius 3 is 2.54 bits per heavy atom. The number of carbonyl (C=O) groups excluding carboxylic acids is 1. The molecule has 0 bridgehead atoms. The maximum atomic E-state index is 11.9. The van der Waals surface area contributed by atoms with E-state index in [0.29, 0.717) is 17.1 Å². The van der Waals surface area contributed by atoms with Gasteiger partial charge in [0.15, 0.2) is 11.5 Å². The molecule has 0 saturated heterocycles. The summed E-state index contributed by atoms with van der Waals surface area (Å²) in [7, 11) is 3.01. The van der Waals surface area contributed by atoms with E-state index < -0.39 is 10.9 Å². The van der Waals surface area contributed by atoms with Gasteiger partial charge in [-0.15, -0.1) is 0 Å². The molecule has 2 rings (SSSR count). The molecule has 0 aromatic heterocycles. The third kappa shape index (κ3) is 4.10. The van der Waals surface area contributed by atoms with Crippen molar-refractivity contribution in [2.24, 2.45) is 0 Å². The van der Waals surface area contributed by atoms with Crippen LogP contribution < -0.4 is 14.2 Å². The van der Waals surface area contributed by atoms with E-state index in [1.807, 2.05) is 0 Å². The Bertz CT molecular complexity index is 784. The lowest BCUT2D eigenvalue weighted by atomic mass is 10.1. The number of carbonyl (C=O) groups is 1. The summed E-state index contributed by atoms with van der Waals surface area (Å²) in [4.78, 5) is 22.0. The van der Waals surface area contributed by atoms with Crippen molar-refractivity contribution in [3.05, 3.63) is 64.2 Å². The van der Waals surface area contributed by atoms with Crippen LogP contribution in [0.4, 0.5) is 5.69 Å². The molecular weight excluding hydrogens is 314 g/mol. The molecule has 0 amide bonds. The van der Waals surface area contributed by atoms with Crippen molar-refractivity contribution in [3.63, 3.8) is 0 Å². The summed E-state index contributed by atoms with van der Waals surface area (Å²) in [6.45, 7) is 0. The monoisotopic (exact) mass is 329 g/mol. The molecule has 0 unspecified atom stereocenters. The Morgan fingerprint density at radius 1 is 1.12 bits per heavy atom. The zero-order valence-electron chi connectivity index (χ0n) is 13.1. The molecule has 0 aliphatic rings.